The van der Waals surface area contributed by atoms with Crippen LogP contribution >= 0.6 is 38.9 Å². The lowest BCUT2D eigenvalue weighted by atomic mass is 10.0. The first-order chi connectivity index (χ1) is 17.8. The molecule has 3 aromatic heterocycles. The molecular weight excluding hydrogens is 576 g/mol. The third-order valence-electron chi connectivity index (χ3n) is 5.96. The molecule has 1 amide bonds. The van der Waals surface area contributed by atoms with Gasteiger partial charge in [0, 0.05) is 16.6 Å². The topological polar surface area (TPSA) is 97.1 Å². The minimum Gasteiger partial charge on any atom is -0.478 e. The van der Waals surface area contributed by atoms with Crippen molar-refractivity contribution in [3.63, 3.8) is 0 Å². The highest BCUT2D eigenvalue weighted by Crippen LogP contribution is 2.31. The maximum Gasteiger partial charge on any atom is 0.338 e. The van der Waals surface area contributed by atoms with E-state index in [0.29, 0.717) is 27.4 Å². The molecule has 0 unspecified atom stereocenters. The van der Waals surface area contributed by atoms with Gasteiger partial charge in [0.25, 0.3) is 5.91 Å². The molecule has 0 spiro atoms. The van der Waals surface area contributed by atoms with Gasteiger partial charge in [-0.2, -0.15) is 5.10 Å². The molecule has 0 aliphatic heterocycles. The van der Waals surface area contributed by atoms with Crippen LogP contribution in [0.1, 0.15) is 62.2 Å². The third kappa shape index (κ3) is 6.29. The molecule has 0 radical (unpaired) electrons. The lowest BCUT2D eigenvalue weighted by Gasteiger charge is -2.09. The molecule has 2 N–H and O–H groups in total. The number of aromatic nitrogens is 3. The molecule has 0 atom stereocenters. The lowest BCUT2D eigenvalue weighted by Crippen LogP contribution is -2.19. The number of unbranched alkanes of at least 4 members (excludes halogenated alkanes) is 1. The zero-order chi connectivity index (χ0) is 26.5. The Hall–Kier alpha value is -3.01. The molecule has 0 aliphatic rings. The van der Waals surface area contributed by atoms with Gasteiger partial charge in [-0.15, -0.1) is 11.3 Å². The fraction of sp³-hybridized carbons (Fsp3) is 0.259. The van der Waals surface area contributed by atoms with Crippen LogP contribution in [0.4, 0.5) is 5.00 Å². The van der Waals surface area contributed by atoms with Gasteiger partial charge in [0.1, 0.15) is 15.3 Å². The highest BCUT2D eigenvalue weighted by molar-refractivity contribution is 9.10. The quantitative estimate of drug-likeness (QED) is 0.202. The summed E-state index contributed by atoms with van der Waals surface area (Å²) in [5.41, 5.74) is 3.36. The normalized spacial score (nSPS) is 11.0. The average Bonchev–Trinajstić information content (AvgIpc) is 3.42. The van der Waals surface area contributed by atoms with E-state index in [4.69, 9.17) is 11.6 Å². The summed E-state index contributed by atoms with van der Waals surface area (Å²) in [5, 5.41) is 17.5. The van der Waals surface area contributed by atoms with Crippen molar-refractivity contribution < 1.29 is 14.7 Å². The number of thiophene rings is 1. The first-order valence-electron chi connectivity index (χ1n) is 11.9. The standard InChI is InChI=1S/C27H26BrClN4O3S/c1-3-4-6-17-8-10-18(11-9-17)12-13-19-15-20(27(35)36)26(37-19)31-25(34)22-16(2)23(28)32-33(22)24-21(29)7-5-14-30-24/h5,7-11,14-15H,3-4,6,12-13H2,1-2H3,(H,31,34)(H,35,36). The fourth-order valence-electron chi connectivity index (χ4n) is 3.92. The van der Waals surface area contributed by atoms with Crippen molar-refractivity contribution in [3.8, 4) is 5.82 Å². The summed E-state index contributed by atoms with van der Waals surface area (Å²) >= 11 is 10.9. The van der Waals surface area contributed by atoms with Crippen LogP contribution in [0.5, 0.6) is 0 Å². The number of carboxylic acid groups (broad SMARTS) is 1. The molecule has 192 valence electrons. The second kappa shape index (κ2) is 12.0. The van der Waals surface area contributed by atoms with Crippen LogP contribution in [0.2, 0.25) is 5.02 Å². The molecule has 4 aromatic rings. The van der Waals surface area contributed by atoms with Crippen LogP contribution in [0.3, 0.4) is 0 Å². The number of nitrogens with one attached hydrogen (secondary N) is 1. The Kier molecular flexibility index (Phi) is 8.79. The second-order valence-corrected chi connectivity index (χ2v) is 10.9. The van der Waals surface area contributed by atoms with E-state index in [0.717, 1.165) is 17.7 Å². The molecular formula is C27H26BrClN4O3S. The van der Waals surface area contributed by atoms with Crippen LogP contribution in [-0.4, -0.2) is 31.7 Å². The van der Waals surface area contributed by atoms with Crippen LogP contribution in [0.15, 0.2) is 53.3 Å². The van der Waals surface area contributed by atoms with Gasteiger partial charge in [-0.3, -0.25) is 4.79 Å². The molecule has 37 heavy (non-hydrogen) atoms. The van der Waals surface area contributed by atoms with Crippen molar-refractivity contribution in [1.29, 1.82) is 0 Å². The van der Waals surface area contributed by atoms with Crippen LogP contribution in [0.25, 0.3) is 5.82 Å². The minimum absolute atomic E-state index is 0.0573. The van der Waals surface area contributed by atoms with Gasteiger partial charge >= 0.3 is 5.97 Å². The maximum atomic E-state index is 13.4. The van der Waals surface area contributed by atoms with Gasteiger partial charge in [0.15, 0.2) is 5.82 Å². The molecule has 0 saturated heterocycles. The van der Waals surface area contributed by atoms with E-state index in [9.17, 15) is 14.7 Å². The number of pyridine rings is 1. The molecule has 10 heteroatoms. The number of nitrogens with zero attached hydrogens (tertiary/aromatic N) is 3. The SMILES string of the molecule is CCCCc1ccc(CCc2cc(C(=O)O)c(NC(=O)c3c(C)c(Br)nn3-c3ncccc3Cl)s2)cc1. The van der Waals surface area contributed by atoms with Gasteiger partial charge < -0.3 is 10.4 Å². The third-order valence-corrected chi connectivity index (χ3v) is 8.12. The number of hydrogen-bond acceptors (Lipinski definition) is 5. The molecule has 0 aliphatic carbocycles. The number of carbonyl (C=O) groups excluding carboxylic acids is 1. The van der Waals surface area contributed by atoms with E-state index in [1.54, 1.807) is 31.3 Å². The first kappa shape index (κ1) is 27.0. The number of aryl methyl sites for hydroxylation is 3. The summed E-state index contributed by atoms with van der Waals surface area (Å²) < 4.78 is 1.82. The Labute approximate surface area is 232 Å². The number of amides is 1. The molecule has 0 bridgehead atoms. The van der Waals surface area contributed by atoms with E-state index < -0.39 is 11.9 Å². The Morgan fingerprint density at radius 1 is 1.14 bits per heavy atom. The van der Waals surface area contributed by atoms with Crippen molar-refractivity contribution in [2.75, 3.05) is 5.32 Å². The Bertz CT molecular complexity index is 1430. The van der Waals surface area contributed by atoms with Gasteiger partial charge in [0.2, 0.25) is 0 Å². The average molecular weight is 602 g/mol. The lowest BCUT2D eigenvalue weighted by molar-refractivity contribution is 0.0698. The molecule has 3 heterocycles. The number of anilines is 1. The van der Waals surface area contributed by atoms with Crippen molar-refractivity contribution in [1.82, 2.24) is 14.8 Å². The minimum atomic E-state index is -1.10. The molecule has 7 nitrogen and oxygen atoms in total. The first-order valence-corrected chi connectivity index (χ1v) is 13.9. The molecule has 1 aromatic carbocycles. The Morgan fingerprint density at radius 3 is 2.49 bits per heavy atom. The predicted octanol–water partition coefficient (Wildman–Crippen LogP) is 7.13. The number of carboxylic acids is 1. The molecule has 0 saturated carbocycles. The van der Waals surface area contributed by atoms with Gasteiger partial charge in [-0.1, -0.05) is 49.2 Å². The summed E-state index contributed by atoms with van der Waals surface area (Å²) in [6.45, 7) is 3.92. The summed E-state index contributed by atoms with van der Waals surface area (Å²) in [6, 6.07) is 13.5. The Morgan fingerprint density at radius 2 is 1.84 bits per heavy atom. The van der Waals surface area contributed by atoms with E-state index in [2.05, 4.69) is 62.5 Å². The van der Waals surface area contributed by atoms with Crippen molar-refractivity contribution in [2.45, 2.75) is 46.0 Å². The van der Waals surface area contributed by atoms with E-state index >= 15 is 0 Å². The summed E-state index contributed by atoms with van der Waals surface area (Å²) in [4.78, 5) is 30.5. The number of rotatable bonds is 10. The number of aromatic carboxylic acids is 1. The van der Waals surface area contributed by atoms with Crippen LogP contribution < -0.4 is 5.32 Å². The van der Waals surface area contributed by atoms with Gasteiger partial charge in [-0.05, 0) is 77.9 Å². The van der Waals surface area contributed by atoms with Crippen LogP contribution in [0, 0.1) is 6.92 Å². The highest BCUT2D eigenvalue weighted by atomic mass is 79.9. The fourth-order valence-corrected chi connectivity index (χ4v) is 5.51. The number of halogens is 2. The summed E-state index contributed by atoms with van der Waals surface area (Å²) in [5.74, 6) is -1.30. The largest absolute Gasteiger partial charge is 0.478 e. The van der Waals surface area contributed by atoms with E-state index in [-0.39, 0.29) is 16.3 Å². The van der Waals surface area contributed by atoms with E-state index in [1.807, 2.05) is 0 Å². The Balaban J connectivity index is 1.54. The highest BCUT2D eigenvalue weighted by Gasteiger charge is 2.25. The number of carbonyl (C=O) groups is 2. The maximum absolute atomic E-state index is 13.4. The summed E-state index contributed by atoms with van der Waals surface area (Å²) in [6.07, 6.45) is 6.42. The molecule has 0 fully saturated rings. The zero-order valence-electron chi connectivity index (χ0n) is 20.4. The van der Waals surface area contributed by atoms with Crippen LogP contribution in [-0.2, 0) is 19.3 Å². The van der Waals surface area contributed by atoms with Crippen molar-refractivity contribution >= 4 is 55.7 Å². The number of benzene rings is 1. The van der Waals surface area contributed by atoms with Gasteiger partial charge in [0.05, 0.1) is 10.6 Å². The smallest absolute Gasteiger partial charge is 0.338 e. The van der Waals surface area contributed by atoms with E-state index in [1.165, 1.54) is 40.0 Å². The second-order valence-electron chi connectivity index (χ2n) is 8.62. The summed E-state index contributed by atoms with van der Waals surface area (Å²) in [7, 11) is 0. The zero-order valence-corrected chi connectivity index (χ0v) is 23.6. The monoisotopic (exact) mass is 600 g/mol. The molecule has 4 rings (SSSR count). The number of hydrogen-bond donors (Lipinski definition) is 2. The predicted molar refractivity (Wildman–Crippen MR) is 150 cm³/mol. The van der Waals surface area contributed by atoms with Crippen molar-refractivity contribution in [3.05, 3.63) is 91.1 Å². The van der Waals surface area contributed by atoms with Gasteiger partial charge in [-0.25, -0.2) is 14.5 Å². The van der Waals surface area contributed by atoms with Crippen molar-refractivity contribution in [2.24, 2.45) is 0 Å².